The number of aromatic nitrogens is 1. The zero-order valence-electron chi connectivity index (χ0n) is 12.3. The maximum absolute atomic E-state index is 11.6. The molecule has 0 spiro atoms. The van der Waals surface area contributed by atoms with E-state index in [9.17, 15) is 14.7 Å². The number of carboxylic acid groups (broad SMARTS) is 1. The van der Waals surface area contributed by atoms with E-state index in [0.717, 1.165) is 29.3 Å². The van der Waals surface area contributed by atoms with Gasteiger partial charge in [0.2, 0.25) is 5.91 Å². The number of carbonyl (C=O) groups excluding carboxylic acids is 1. The van der Waals surface area contributed by atoms with Gasteiger partial charge in [-0.05, 0) is 30.5 Å². The van der Waals surface area contributed by atoms with Gasteiger partial charge in [-0.25, -0.2) is 4.79 Å². The Morgan fingerprint density at radius 2 is 2.05 bits per heavy atom. The van der Waals surface area contributed by atoms with Crippen molar-refractivity contribution < 1.29 is 14.7 Å². The van der Waals surface area contributed by atoms with Gasteiger partial charge in [0.05, 0.1) is 0 Å². The topological polar surface area (TPSA) is 82.2 Å². The number of rotatable bonds is 6. The van der Waals surface area contributed by atoms with E-state index in [2.05, 4.69) is 17.2 Å². The Morgan fingerprint density at radius 3 is 2.67 bits per heavy atom. The molecule has 2 rings (SSSR count). The molecule has 0 aliphatic carbocycles. The van der Waals surface area contributed by atoms with Gasteiger partial charge in [-0.1, -0.05) is 19.9 Å². The van der Waals surface area contributed by atoms with E-state index in [1.807, 2.05) is 25.1 Å². The fourth-order valence-electron chi connectivity index (χ4n) is 2.38. The summed E-state index contributed by atoms with van der Waals surface area (Å²) in [5.41, 5.74) is 2.70. The predicted octanol–water partition coefficient (Wildman–Crippen LogP) is 2.84. The Labute approximate surface area is 123 Å². The van der Waals surface area contributed by atoms with E-state index in [4.69, 9.17) is 0 Å². The maximum Gasteiger partial charge on any atom is 0.352 e. The van der Waals surface area contributed by atoms with Crippen molar-refractivity contribution in [2.24, 2.45) is 0 Å². The molecule has 2 aromatic rings. The van der Waals surface area contributed by atoms with Crippen molar-refractivity contribution in [1.82, 2.24) is 10.3 Å². The molecule has 3 N–H and O–H groups in total. The van der Waals surface area contributed by atoms with Gasteiger partial charge in [0, 0.05) is 29.4 Å². The molecule has 112 valence electrons. The van der Waals surface area contributed by atoms with E-state index >= 15 is 0 Å². The first-order chi connectivity index (χ1) is 10.1. The van der Waals surface area contributed by atoms with E-state index in [0.29, 0.717) is 12.0 Å². The minimum atomic E-state index is -1.01. The number of amides is 1. The van der Waals surface area contributed by atoms with E-state index in [1.165, 1.54) is 0 Å². The van der Waals surface area contributed by atoms with Crippen LogP contribution >= 0.6 is 0 Å². The minimum absolute atomic E-state index is 0.0603. The number of carboxylic acids is 1. The predicted molar refractivity (Wildman–Crippen MR) is 81.4 cm³/mol. The number of carbonyl (C=O) groups is 2. The second kappa shape index (κ2) is 6.43. The third-order valence-electron chi connectivity index (χ3n) is 3.53. The van der Waals surface area contributed by atoms with Crippen LogP contribution in [-0.2, 0) is 17.8 Å². The molecule has 5 heteroatoms. The molecular weight excluding hydrogens is 268 g/mol. The Morgan fingerprint density at radius 1 is 1.29 bits per heavy atom. The van der Waals surface area contributed by atoms with E-state index < -0.39 is 5.97 Å². The van der Waals surface area contributed by atoms with Crippen LogP contribution in [0.4, 0.5) is 0 Å². The number of hydrogen-bond acceptors (Lipinski definition) is 2. The smallest absolute Gasteiger partial charge is 0.352 e. The normalized spacial score (nSPS) is 10.8. The lowest BCUT2D eigenvalue weighted by Gasteiger charge is -2.05. The Balaban J connectivity index is 2.39. The van der Waals surface area contributed by atoms with Crippen LogP contribution in [0.3, 0.4) is 0 Å². The molecule has 1 aromatic carbocycles. The van der Waals surface area contributed by atoms with Gasteiger partial charge in [0.25, 0.3) is 0 Å². The summed E-state index contributed by atoms with van der Waals surface area (Å²) in [5.74, 6) is -1.07. The fraction of sp³-hybridized carbons (Fsp3) is 0.375. The average molecular weight is 288 g/mol. The first-order valence-electron chi connectivity index (χ1n) is 7.20. The summed E-state index contributed by atoms with van der Waals surface area (Å²) in [5, 5.41) is 13.0. The number of aromatic amines is 1. The second-order valence-electron chi connectivity index (χ2n) is 5.04. The van der Waals surface area contributed by atoms with Crippen molar-refractivity contribution in [3.8, 4) is 0 Å². The van der Waals surface area contributed by atoms with Gasteiger partial charge >= 0.3 is 5.97 Å². The standard InChI is InChI=1S/C16H20N2O3/c1-3-5-14(19)17-9-12-11-8-10(4-2)6-7-13(11)18-15(12)16(20)21/h6-8,18H,3-5,9H2,1-2H3,(H,17,19)(H,20,21). The molecule has 5 nitrogen and oxygen atoms in total. The zero-order valence-corrected chi connectivity index (χ0v) is 12.3. The molecule has 0 radical (unpaired) electrons. The summed E-state index contributed by atoms with van der Waals surface area (Å²) in [4.78, 5) is 25.9. The van der Waals surface area contributed by atoms with Crippen LogP contribution in [0.1, 0.15) is 48.3 Å². The number of benzene rings is 1. The molecule has 0 bridgehead atoms. The number of H-pyrrole nitrogens is 1. The monoisotopic (exact) mass is 288 g/mol. The lowest BCUT2D eigenvalue weighted by atomic mass is 10.1. The number of hydrogen-bond donors (Lipinski definition) is 3. The van der Waals surface area contributed by atoms with Gasteiger partial charge in [0.1, 0.15) is 5.69 Å². The summed E-state index contributed by atoms with van der Waals surface area (Å²) < 4.78 is 0. The molecule has 1 heterocycles. The summed E-state index contributed by atoms with van der Waals surface area (Å²) in [6.07, 6.45) is 2.10. The van der Waals surface area contributed by atoms with Gasteiger partial charge < -0.3 is 15.4 Å². The fourth-order valence-corrected chi connectivity index (χ4v) is 2.38. The van der Waals surface area contributed by atoms with Crippen molar-refractivity contribution >= 4 is 22.8 Å². The maximum atomic E-state index is 11.6. The largest absolute Gasteiger partial charge is 0.477 e. The lowest BCUT2D eigenvalue weighted by molar-refractivity contribution is -0.121. The van der Waals surface area contributed by atoms with Crippen LogP contribution in [0, 0.1) is 0 Å². The highest BCUT2D eigenvalue weighted by atomic mass is 16.4. The third-order valence-corrected chi connectivity index (χ3v) is 3.53. The number of nitrogens with one attached hydrogen (secondary N) is 2. The van der Waals surface area contributed by atoms with Crippen molar-refractivity contribution in [1.29, 1.82) is 0 Å². The number of fused-ring (bicyclic) bond motifs is 1. The summed E-state index contributed by atoms with van der Waals surface area (Å²) in [6.45, 7) is 4.21. The molecular formula is C16H20N2O3. The van der Waals surface area contributed by atoms with Crippen LogP contribution < -0.4 is 5.32 Å². The highest BCUT2D eigenvalue weighted by Crippen LogP contribution is 2.24. The van der Waals surface area contributed by atoms with E-state index in [-0.39, 0.29) is 18.1 Å². The Kier molecular flexibility index (Phi) is 4.62. The first kappa shape index (κ1) is 15.1. The number of aromatic carboxylic acids is 1. The van der Waals surface area contributed by atoms with Gasteiger partial charge in [-0.3, -0.25) is 4.79 Å². The van der Waals surface area contributed by atoms with Gasteiger partial charge in [-0.15, -0.1) is 0 Å². The van der Waals surface area contributed by atoms with Crippen LogP contribution in [-0.4, -0.2) is 22.0 Å². The Bertz CT molecular complexity index is 673. The summed E-state index contributed by atoms with van der Waals surface area (Å²) >= 11 is 0. The molecule has 1 amide bonds. The molecule has 0 fully saturated rings. The van der Waals surface area contributed by atoms with Crippen molar-refractivity contribution in [3.05, 3.63) is 35.0 Å². The quantitative estimate of drug-likeness (QED) is 0.764. The highest BCUT2D eigenvalue weighted by Gasteiger charge is 2.17. The van der Waals surface area contributed by atoms with Crippen LogP contribution in [0.5, 0.6) is 0 Å². The van der Waals surface area contributed by atoms with Crippen molar-refractivity contribution in [2.45, 2.75) is 39.7 Å². The summed E-state index contributed by atoms with van der Waals surface area (Å²) in [6, 6.07) is 5.85. The lowest BCUT2D eigenvalue weighted by Crippen LogP contribution is -2.23. The zero-order chi connectivity index (χ0) is 15.4. The van der Waals surface area contributed by atoms with E-state index in [1.54, 1.807) is 0 Å². The third kappa shape index (κ3) is 3.24. The molecule has 0 saturated carbocycles. The van der Waals surface area contributed by atoms with Gasteiger partial charge in [-0.2, -0.15) is 0 Å². The highest BCUT2D eigenvalue weighted by molar-refractivity contribution is 5.97. The average Bonchev–Trinajstić information content (AvgIpc) is 2.83. The second-order valence-corrected chi connectivity index (χ2v) is 5.04. The van der Waals surface area contributed by atoms with Crippen LogP contribution in [0.2, 0.25) is 0 Å². The first-order valence-corrected chi connectivity index (χ1v) is 7.20. The molecule has 0 saturated heterocycles. The van der Waals surface area contributed by atoms with Crippen LogP contribution in [0.25, 0.3) is 10.9 Å². The molecule has 0 atom stereocenters. The molecule has 0 aliphatic heterocycles. The van der Waals surface area contributed by atoms with Crippen molar-refractivity contribution in [3.63, 3.8) is 0 Å². The Hall–Kier alpha value is -2.30. The van der Waals surface area contributed by atoms with Crippen LogP contribution in [0.15, 0.2) is 18.2 Å². The molecule has 0 aliphatic rings. The minimum Gasteiger partial charge on any atom is -0.477 e. The summed E-state index contributed by atoms with van der Waals surface area (Å²) in [7, 11) is 0. The number of aryl methyl sites for hydroxylation is 1. The van der Waals surface area contributed by atoms with Gasteiger partial charge in [0.15, 0.2) is 0 Å². The SMILES string of the molecule is CCCC(=O)NCc1c(C(=O)O)[nH]c2ccc(CC)cc12. The molecule has 0 unspecified atom stereocenters. The molecule has 21 heavy (non-hydrogen) atoms. The molecule has 1 aromatic heterocycles. The van der Waals surface area contributed by atoms with Crippen molar-refractivity contribution in [2.75, 3.05) is 0 Å².